The van der Waals surface area contributed by atoms with Gasteiger partial charge < -0.3 is 9.64 Å². The third-order valence-corrected chi connectivity index (χ3v) is 6.84. The lowest BCUT2D eigenvalue weighted by Gasteiger charge is -2.22. The maximum atomic E-state index is 13.0. The highest BCUT2D eigenvalue weighted by atomic mass is 32.2. The van der Waals surface area contributed by atoms with E-state index in [1.165, 1.54) is 10.5 Å². The Morgan fingerprint density at radius 2 is 1.90 bits per heavy atom. The Labute approximate surface area is 187 Å². The summed E-state index contributed by atoms with van der Waals surface area (Å²) >= 11 is 3.36. The number of carbonyl (C=O) groups is 1. The molecule has 1 amide bonds. The van der Waals surface area contributed by atoms with Crippen LogP contribution in [-0.4, -0.2) is 55.8 Å². The molecule has 5 nitrogen and oxygen atoms in total. The van der Waals surface area contributed by atoms with E-state index in [4.69, 9.17) is 9.72 Å². The Hall–Kier alpha value is -2.09. The number of rotatable bonds is 10. The molecule has 0 spiro atoms. The van der Waals surface area contributed by atoms with Gasteiger partial charge in [-0.1, -0.05) is 17.4 Å². The van der Waals surface area contributed by atoms with Gasteiger partial charge in [0.05, 0.1) is 17.3 Å². The summed E-state index contributed by atoms with van der Waals surface area (Å²) < 4.78 is 6.32. The molecule has 1 aromatic heterocycles. The van der Waals surface area contributed by atoms with Crippen LogP contribution in [-0.2, 0) is 4.79 Å². The SMILES string of the molecule is COc1ccc(SCCCC(=O)N(CCN(C)C)c2nc3ccc(C)cc3s2)cc1. The second-order valence-electron chi connectivity index (χ2n) is 7.44. The molecule has 2 aromatic carbocycles. The summed E-state index contributed by atoms with van der Waals surface area (Å²) in [6.45, 7) is 3.53. The molecule has 30 heavy (non-hydrogen) atoms. The summed E-state index contributed by atoms with van der Waals surface area (Å²) in [6, 6.07) is 14.3. The molecule has 0 radical (unpaired) electrons. The normalized spacial score (nSPS) is 11.2. The number of fused-ring (bicyclic) bond motifs is 1. The van der Waals surface area contributed by atoms with Gasteiger partial charge in [-0.3, -0.25) is 9.69 Å². The number of hydrogen-bond acceptors (Lipinski definition) is 6. The van der Waals surface area contributed by atoms with Gasteiger partial charge in [-0.05, 0) is 75.2 Å². The number of carbonyl (C=O) groups excluding carboxylic acids is 1. The number of thiazole rings is 1. The molecule has 3 aromatic rings. The first-order valence-corrected chi connectivity index (χ1v) is 11.9. The number of aromatic nitrogens is 1. The highest BCUT2D eigenvalue weighted by molar-refractivity contribution is 7.99. The second kappa shape index (κ2) is 10.8. The average Bonchev–Trinajstić information content (AvgIpc) is 3.14. The van der Waals surface area contributed by atoms with E-state index in [2.05, 4.69) is 36.1 Å². The van der Waals surface area contributed by atoms with Crippen LogP contribution in [0.5, 0.6) is 5.75 Å². The number of anilines is 1. The van der Waals surface area contributed by atoms with Crippen molar-refractivity contribution in [2.24, 2.45) is 0 Å². The number of methoxy groups -OCH3 is 1. The van der Waals surface area contributed by atoms with E-state index in [0.717, 1.165) is 39.8 Å². The van der Waals surface area contributed by atoms with Crippen LogP contribution in [0.25, 0.3) is 10.2 Å². The first kappa shape index (κ1) is 22.6. The quantitative estimate of drug-likeness (QED) is 0.323. The zero-order valence-corrected chi connectivity index (χ0v) is 19.7. The van der Waals surface area contributed by atoms with Crippen molar-refractivity contribution in [1.29, 1.82) is 0 Å². The van der Waals surface area contributed by atoms with Gasteiger partial charge in [-0.25, -0.2) is 4.98 Å². The van der Waals surface area contributed by atoms with E-state index < -0.39 is 0 Å². The molecule has 7 heteroatoms. The Balaban J connectivity index is 1.61. The first-order valence-electron chi connectivity index (χ1n) is 10.1. The van der Waals surface area contributed by atoms with Gasteiger partial charge in [0, 0.05) is 24.4 Å². The van der Waals surface area contributed by atoms with E-state index in [-0.39, 0.29) is 5.91 Å². The maximum absolute atomic E-state index is 13.0. The molecular formula is C23H29N3O2S2. The highest BCUT2D eigenvalue weighted by Gasteiger charge is 2.19. The minimum Gasteiger partial charge on any atom is -0.497 e. The molecule has 0 saturated heterocycles. The fourth-order valence-corrected chi connectivity index (χ4v) is 4.94. The molecule has 0 aliphatic carbocycles. The molecule has 0 aliphatic rings. The molecule has 0 saturated carbocycles. The van der Waals surface area contributed by atoms with Crippen molar-refractivity contribution in [3.05, 3.63) is 48.0 Å². The number of nitrogens with zero attached hydrogens (tertiary/aromatic N) is 3. The van der Waals surface area contributed by atoms with Crippen LogP contribution in [0.1, 0.15) is 18.4 Å². The van der Waals surface area contributed by atoms with Crippen molar-refractivity contribution < 1.29 is 9.53 Å². The molecule has 0 bridgehead atoms. The third-order valence-electron chi connectivity index (χ3n) is 4.70. The largest absolute Gasteiger partial charge is 0.497 e. The predicted octanol–water partition coefficient (Wildman–Crippen LogP) is 5.08. The van der Waals surface area contributed by atoms with Gasteiger partial charge in [-0.2, -0.15) is 0 Å². The number of thioether (sulfide) groups is 1. The Morgan fingerprint density at radius 1 is 1.13 bits per heavy atom. The van der Waals surface area contributed by atoms with Crippen molar-refractivity contribution in [3.63, 3.8) is 0 Å². The molecule has 0 N–H and O–H groups in total. The number of ether oxygens (including phenoxy) is 1. The van der Waals surface area contributed by atoms with Crippen molar-refractivity contribution >= 4 is 44.4 Å². The lowest BCUT2D eigenvalue weighted by Crippen LogP contribution is -2.36. The lowest BCUT2D eigenvalue weighted by molar-refractivity contribution is -0.118. The number of likely N-dealkylation sites (N-methyl/N-ethyl adjacent to an activating group) is 1. The van der Waals surface area contributed by atoms with Gasteiger partial charge in [0.2, 0.25) is 5.91 Å². The molecule has 3 rings (SSSR count). The van der Waals surface area contributed by atoms with Crippen molar-refractivity contribution in [2.75, 3.05) is 44.9 Å². The van der Waals surface area contributed by atoms with E-state index >= 15 is 0 Å². The van der Waals surface area contributed by atoms with Crippen LogP contribution in [0.3, 0.4) is 0 Å². The number of hydrogen-bond donors (Lipinski definition) is 0. The smallest absolute Gasteiger partial charge is 0.228 e. The predicted molar refractivity (Wildman–Crippen MR) is 128 cm³/mol. The zero-order valence-electron chi connectivity index (χ0n) is 18.1. The molecule has 0 atom stereocenters. The van der Waals surface area contributed by atoms with Crippen LogP contribution >= 0.6 is 23.1 Å². The van der Waals surface area contributed by atoms with E-state index in [1.807, 2.05) is 37.2 Å². The van der Waals surface area contributed by atoms with E-state index in [9.17, 15) is 4.79 Å². The number of benzene rings is 2. The zero-order chi connectivity index (χ0) is 21.5. The summed E-state index contributed by atoms with van der Waals surface area (Å²) in [4.78, 5) is 22.9. The highest BCUT2D eigenvalue weighted by Crippen LogP contribution is 2.30. The average molecular weight is 444 g/mol. The monoisotopic (exact) mass is 443 g/mol. The van der Waals surface area contributed by atoms with Gasteiger partial charge in [0.15, 0.2) is 5.13 Å². The summed E-state index contributed by atoms with van der Waals surface area (Å²) in [5.41, 5.74) is 2.16. The van der Waals surface area contributed by atoms with Crippen LogP contribution in [0.4, 0.5) is 5.13 Å². The van der Waals surface area contributed by atoms with E-state index in [0.29, 0.717) is 13.0 Å². The fraction of sp³-hybridized carbons (Fsp3) is 0.391. The summed E-state index contributed by atoms with van der Waals surface area (Å²) in [5.74, 6) is 1.90. The second-order valence-corrected chi connectivity index (χ2v) is 9.62. The summed E-state index contributed by atoms with van der Waals surface area (Å²) in [6.07, 6.45) is 1.35. The van der Waals surface area contributed by atoms with Gasteiger partial charge in [-0.15, -0.1) is 11.8 Å². The molecular weight excluding hydrogens is 414 g/mol. The lowest BCUT2D eigenvalue weighted by atomic mass is 10.2. The third kappa shape index (κ3) is 6.20. The van der Waals surface area contributed by atoms with Crippen LogP contribution in [0, 0.1) is 6.92 Å². The minimum absolute atomic E-state index is 0.142. The maximum Gasteiger partial charge on any atom is 0.228 e. The Bertz CT molecular complexity index is 970. The molecule has 160 valence electrons. The summed E-state index contributed by atoms with van der Waals surface area (Å²) in [7, 11) is 5.72. The topological polar surface area (TPSA) is 45.7 Å². The number of amides is 1. The molecule has 1 heterocycles. The first-order chi connectivity index (χ1) is 14.5. The summed E-state index contributed by atoms with van der Waals surface area (Å²) in [5, 5.41) is 0.797. The van der Waals surface area contributed by atoms with Gasteiger partial charge in [0.1, 0.15) is 5.75 Å². The molecule has 0 aliphatic heterocycles. The van der Waals surface area contributed by atoms with Crippen LogP contribution in [0.2, 0.25) is 0 Å². The molecule has 0 fully saturated rings. The van der Waals surface area contributed by atoms with Crippen LogP contribution in [0.15, 0.2) is 47.4 Å². The van der Waals surface area contributed by atoms with E-state index in [1.54, 1.807) is 30.2 Å². The number of aryl methyl sites for hydroxylation is 1. The standard InChI is InChI=1S/C23H29N3O2S2/c1-17-7-12-20-21(16-17)30-23(24-20)26(14-13-25(2)3)22(27)6-5-15-29-19-10-8-18(28-4)9-11-19/h7-12,16H,5-6,13-15H2,1-4H3. The van der Waals surface area contributed by atoms with Crippen LogP contribution < -0.4 is 9.64 Å². The van der Waals surface area contributed by atoms with Gasteiger partial charge >= 0.3 is 0 Å². The Morgan fingerprint density at radius 3 is 2.60 bits per heavy atom. The Kier molecular flexibility index (Phi) is 8.13. The fourth-order valence-electron chi connectivity index (χ4n) is 2.98. The molecule has 0 unspecified atom stereocenters. The van der Waals surface area contributed by atoms with Crippen molar-refractivity contribution in [3.8, 4) is 5.75 Å². The van der Waals surface area contributed by atoms with Crippen molar-refractivity contribution in [1.82, 2.24) is 9.88 Å². The van der Waals surface area contributed by atoms with Gasteiger partial charge in [0.25, 0.3) is 0 Å². The minimum atomic E-state index is 0.142. The van der Waals surface area contributed by atoms with Crippen molar-refractivity contribution in [2.45, 2.75) is 24.7 Å².